The predicted octanol–water partition coefficient (Wildman–Crippen LogP) is 3.05. The van der Waals surface area contributed by atoms with Crippen LogP contribution in [0.5, 0.6) is 0 Å². The van der Waals surface area contributed by atoms with Crippen LogP contribution in [0.25, 0.3) is 11.1 Å². The van der Waals surface area contributed by atoms with Crippen LogP contribution in [-0.2, 0) is 0 Å². The molecule has 0 saturated carbocycles. The SMILES string of the molecule is Cc1cccc([AsH]c2ccc(-c3ccccc3)cc2)c1. The molecule has 3 rings (SSSR count). The fraction of sp³-hybridized carbons (Fsp3) is 0.0526. The third-order valence-corrected chi connectivity index (χ3v) is 5.86. The summed E-state index contributed by atoms with van der Waals surface area (Å²) in [7, 11) is 0. The molecule has 0 N–H and O–H groups in total. The molecule has 0 radical (unpaired) electrons. The van der Waals surface area contributed by atoms with Crippen LogP contribution in [0, 0.1) is 6.92 Å². The summed E-state index contributed by atoms with van der Waals surface area (Å²) in [4.78, 5) is 0. The van der Waals surface area contributed by atoms with Crippen molar-refractivity contribution in [2.75, 3.05) is 0 Å². The number of hydrogen-bond donors (Lipinski definition) is 0. The van der Waals surface area contributed by atoms with E-state index in [1.54, 1.807) is 0 Å². The van der Waals surface area contributed by atoms with E-state index in [-0.39, 0.29) is 15.8 Å². The normalized spacial score (nSPS) is 11.1. The second-order valence-corrected chi connectivity index (χ2v) is 7.89. The van der Waals surface area contributed by atoms with Gasteiger partial charge in [-0.05, 0) is 0 Å². The Morgan fingerprint density at radius 1 is 0.600 bits per heavy atom. The topological polar surface area (TPSA) is 0 Å². The number of aryl methyl sites for hydroxylation is 1. The van der Waals surface area contributed by atoms with E-state index in [0.717, 1.165) is 0 Å². The van der Waals surface area contributed by atoms with E-state index in [0.29, 0.717) is 0 Å². The molecule has 1 heteroatoms. The Kier molecular flexibility index (Phi) is 4.04. The second kappa shape index (κ2) is 6.11. The molecular formula is C19H17As. The first-order valence-electron chi connectivity index (χ1n) is 6.80. The Labute approximate surface area is 127 Å². The molecule has 0 amide bonds. The molecule has 0 bridgehead atoms. The monoisotopic (exact) mass is 320 g/mol. The summed E-state index contributed by atoms with van der Waals surface area (Å²) in [6.07, 6.45) is 0. The van der Waals surface area contributed by atoms with Crippen molar-refractivity contribution in [3.8, 4) is 11.1 Å². The first-order chi connectivity index (χ1) is 9.81. The zero-order valence-electron chi connectivity index (χ0n) is 11.5. The third kappa shape index (κ3) is 3.21. The van der Waals surface area contributed by atoms with Crippen LogP contribution in [0.4, 0.5) is 0 Å². The van der Waals surface area contributed by atoms with Gasteiger partial charge in [-0.2, -0.15) is 0 Å². The van der Waals surface area contributed by atoms with Crippen molar-refractivity contribution in [3.05, 3.63) is 84.4 Å². The summed E-state index contributed by atoms with van der Waals surface area (Å²) in [6.45, 7) is 2.16. The summed E-state index contributed by atoms with van der Waals surface area (Å²) in [6, 6.07) is 28.5. The van der Waals surface area contributed by atoms with E-state index in [1.165, 1.54) is 25.4 Å². The molecule has 0 fully saturated rings. The van der Waals surface area contributed by atoms with Crippen LogP contribution in [0.2, 0.25) is 0 Å². The molecule has 98 valence electrons. The van der Waals surface area contributed by atoms with Crippen LogP contribution in [0.3, 0.4) is 0 Å². The van der Waals surface area contributed by atoms with Gasteiger partial charge in [-0.1, -0.05) is 0 Å². The molecule has 0 spiro atoms. The van der Waals surface area contributed by atoms with Gasteiger partial charge >= 0.3 is 127 Å². The molecule has 1 unspecified atom stereocenters. The fourth-order valence-corrected chi connectivity index (χ4v) is 4.67. The van der Waals surface area contributed by atoms with Gasteiger partial charge in [0.2, 0.25) is 0 Å². The first kappa shape index (κ1) is 13.2. The molecule has 0 heterocycles. The third-order valence-electron chi connectivity index (χ3n) is 3.30. The molecule has 3 aromatic carbocycles. The van der Waals surface area contributed by atoms with E-state index in [1.807, 2.05) is 0 Å². The van der Waals surface area contributed by atoms with Gasteiger partial charge < -0.3 is 0 Å². The fourth-order valence-electron chi connectivity index (χ4n) is 2.27. The Morgan fingerprint density at radius 2 is 1.30 bits per heavy atom. The van der Waals surface area contributed by atoms with Gasteiger partial charge in [0.1, 0.15) is 0 Å². The van der Waals surface area contributed by atoms with E-state index >= 15 is 0 Å². The second-order valence-electron chi connectivity index (χ2n) is 4.94. The minimum atomic E-state index is -0.217. The Bertz CT molecular complexity index is 684. The van der Waals surface area contributed by atoms with Crippen molar-refractivity contribution in [3.63, 3.8) is 0 Å². The molecular weight excluding hydrogens is 303 g/mol. The molecule has 0 aromatic heterocycles. The van der Waals surface area contributed by atoms with Crippen LogP contribution in [0.15, 0.2) is 78.9 Å². The maximum absolute atomic E-state index is 2.31. The standard InChI is InChI=1S/C19H17As/c1-15-6-5-9-19(14-15)20-18-12-10-17(11-13-18)16-7-3-2-4-8-16/h2-14,20H,1H3. The van der Waals surface area contributed by atoms with Gasteiger partial charge in [0.05, 0.1) is 0 Å². The van der Waals surface area contributed by atoms with Crippen molar-refractivity contribution in [1.82, 2.24) is 0 Å². The zero-order valence-corrected chi connectivity index (χ0v) is 13.6. The van der Waals surface area contributed by atoms with Gasteiger partial charge in [0.15, 0.2) is 0 Å². The summed E-state index contributed by atoms with van der Waals surface area (Å²) < 4.78 is 2.98. The first-order valence-corrected chi connectivity index (χ1v) is 8.90. The van der Waals surface area contributed by atoms with Gasteiger partial charge in [-0.25, -0.2) is 0 Å². The molecule has 1 atom stereocenters. The average molecular weight is 320 g/mol. The van der Waals surface area contributed by atoms with E-state index in [4.69, 9.17) is 0 Å². The Balaban J connectivity index is 1.80. The van der Waals surface area contributed by atoms with E-state index in [9.17, 15) is 0 Å². The van der Waals surface area contributed by atoms with Crippen LogP contribution in [-0.4, -0.2) is 15.8 Å². The van der Waals surface area contributed by atoms with Gasteiger partial charge in [-0.3, -0.25) is 0 Å². The molecule has 20 heavy (non-hydrogen) atoms. The zero-order chi connectivity index (χ0) is 13.8. The van der Waals surface area contributed by atoms with Gasteiger partial charge in [0, 0.05) is 0 Å². The molecule has 0 saturated heterocycles. The number of hydrogen-bond acceptors (Lipinski definition) is 0. The maximum atomic E-state index is 2.31. The van der Waals surface area contributed by atoms with Crippen molar-refractivity contribution < 1.29 is 0 Å². The summed E-state index contributed by atoms with van der Waals surface area (Å²) in [5, 5.41) is 0. The Hall–Kier alpha value is -1.78. The summed E-state index contributed by atoms with van der Waals surface area (Å²) >= 11 is -0.217. The molecule has 0 nitrogen and oxygen atoms in total. The quantitative estimate of drug-likeness (QED) is 0.651. The van der Waals surface area contributed by atoms with Crippen LogP contribution in [0.1, 0.15) is 5.56 Å². The molecule has 0 aliphatic rings. The summed E-state index contributed by atoms with van der Waals surface area (Å²) in [5.41, 5.74) is 3.94. The van der Waals surface area contributed by atoms with Crippen molar-refractivity contribution in [2.24, 2.45) is 0 Å². The number of rotatable bonds is 3. The van der Waals surface area contributed by atoms with Crippen molar-refractivity contribution in [2.45, 2.75) is 6.92 Å². The van der Waals surface area contributed by atoms with Crippen LogP contribution >= 0.6 is 0 Å². The average Bonchev–Trinajstić information content (AvgIpc) is 2.49. The van der Waals surface area contributed by atoms with Gasteiger partial charge in [0.25, 0.3) is 0 Å². The molecule has 0 aliphatic heterocycles. The van der Waals surface area contributed by atoms with E-state index < -0.39 is 0 Å². The van der Waals surface area contributed by atoms with Crippen molar-refractivity contribution >= 4 is 24.5 Å². The van der Waals surface area contributed by atoms with Crippen molar-refractivity contribution in [1.29, 1.82) is 0 Å². The molecule has 3 aromatic rings. The minimum absolute atomic E-state index is 0.217. The summed E-state index contributed by atoms with van der Waals surface area (Å²) in [5.74, 6) is 0. The van der Waals surface area contributed by atoms with Crippen LogP contribution < -0.4 is 8.70 Å². The molecule has 0 aliphatic carbocycles. The van der Waals surface area contributed by atoms with Gasteiger partial charge in [-0.15, -0.1) is 0 Å². The number of benzene rings is 3. The Morgan fingerprint density at radius 3 is 2.00 bits per heavy atom. The van der Waals surface area contributed by atoms with E-state index in [2.05, 4.69) is 85.8 Å². The predicted molar refractivity (Wildman–Crippen MR) is 89.5 cm³/mol.